The predicted molar refractivity (Wildman–Crippen MR) is 60.5 cm³/mol. The summed E-state index contributed by atoms with van der Waals surface area (Å²) in [5.41, 5.74) is 1.08. The number of methoxy groups -OCH3 is 1. The maximum atomic E-state index is 11.5. The highest BCUT2D eigenvalue weighted by atomic mass is 16.5. The number of aryl methyl sites for hydroxylation is 1. The highest BCUT2D eigenvalue weighted by Crippen LogP contribution is 2.17. The lowest BCUT2D eigenvalue weighted by Crippen LogP contribution is -2.16. The van der Waals surface area contributed by atoms with Crippen LogP contribution in [0.25, 0.3) is 10.9 Å². The van der Waals surface area contributed by atoms with Gasteiger partial charge in [0.2, 0.25) is 0 Å². The second-order valence-corrected chi connectivity index (χ2v) is 3.46. The zero-order valence-electron chi connectivity index (χ0n) is 9.06. The van der Waals surface area contributed by atoms with Crippen LogP contribution in [0.3, 0.4) is 0 Å². The second-order valence-electron chi connectivity index (χ2n) is 3.46. The second kappa shape index (κ2) is 3.81. The molecule has 1 aromatic carbocycles. The van der Waals surface area contributed by atoms with Gasteiger partial charge < -0.3 is 9.30 Å². The molecular weight excluding hydrogens is 206 g/mol. The van der Waals surface area contributed by atoms with Crippen LogP contribution in [0.4, 0.5) is 0 Å². The molecule has 0 spiro atoms. The molecule has 0 aliphatic heterocycles. The first-order valence-electron chi connectivity index (χ1n) is 4.82. The minimum absolute atomic E-state index is 0.102. The fraction of sp³-hybridized carbons (Fsp3) is 0.167. The third kappa shape index (κ3) is 1.48. The maximum Gasteiger partial charge on any atom is 0.338 e. The third-order valence-electron chi connectivity index (χ3n) is 2.57. The summed E-state index contributed by atoms with van der Waals surface area (Å²) in [5, 5.41) is 0.719. The summed E-state index contributed by atoms with van der Waals surface area (Å²) in [5.74, 6) is -0.399. The Morgan fingerprint density at radius 2 is 2.00 bits per heavy atom. The number of ether oxygens (including phenoxy) is 1. The van der Waals surface area contributed by atoms with Crippen molar-refractivity contribution in [3.05, 3.63) is 46.2 Å². The molecular formula is C12H11NO3. The first kappa shape index (κ1) is 10.4. The molecule has 0 N–H and O–H groups in total. The van der Waals surface area contributed by atoms with Gasteiger partial charge >= 0.3 is 5.97 Å². The summed E-state index contributed by atoms with van der Waals surface area (Å²) in [7, 11) is 3.01. The van der Waals surface area contributed by atoms with Gasteiger partial charge in [0.25, 0.3) is 5.56 Å². The average Bonchev–Trinajstić information content (AvgIpc) is 2.32. The Morgan fingerprint density at radius 1 is 1.25 bits per heavy atom. The molecule has 0 bridgehead atoms. The summed E-state index contributed by atoms with van der Waals surface area (Å²) >= 11 is 0. The first-order valence-corrected chi connectivity index (χ1v) is 4.82. The number of fused-ring (bicyclic) bond motifs is 1. The van der Waals surface area contributed by atoms with Gasteiger partial charge in [0.05, 0.1) is 18.2 Å². The van der Waals surface area contributed by atoms with Gasteiger partial charge in [-0.05, 0) is 18.2 Å². The minimum atomic E-state index is -0.399. The average molecular weight is 217 g/mol. The molecule has 4 nitrogen and oxygen atoms in total. The lowest BCUT2D eigenvalue weighted by atomic mass is 10.1. The number of rotatable bonds is 1. The number of esters is 1. The fourth-order valence-electron chi connectivity index (χ4n) is 1.69. The van der Waals surface area contributed by atoms with Crippen molar-refractivity contribution in [2.75, 3.05) is 7.11 Å². The smallest absolute Gasteiger partial charge is 0.338 e. The molecule has 16 heavy (non-hydrogen) atoms. The molecule has 0 fully saturated rings. The maximum absolute atomic E-state index is 11.5. The van der Waals surface area contributed by atoms with Crippen molar-refractivity contribution < 1.29 is 9.53 Å². The van der Waals surface area contributed by atoms with Crippen LogP contribution >= 0.6 is 0 Å². The molecule has 0 saturated carbocycles. The van der Waals surface area contributed by atoms with Crippen molar-refractivity contribution in [2.45, 2.75) is 0 Å². The molecule has 4 heteroatoms. The molecule has 1 heterocycles. The van der Waals surface area contributed by atoms with E-state index in [4.69, 9.17) is 0 Å². The number of hydrogen-bond donors (Lipinski definition) is 0. The Balaban J connectivity index is 2.85. The van der Waals surface area contributed by atoms with E-state index < -0.39 is 5.97 Å². The topological polar surface area (TPSA) is 48.3 Å². The number of nitrogens with zero attached hydrogens (tertiary/aromatic N) is 1. The number of carbonyl (C=O) groups excluding carboxylic acids is 1. The van der Waals surface area contributed by atoms with Gasteiger partial charge in [-0.25, -0.2) is 4.79 Å². The molecule has 0 unspecified atom stereocenters. The van der Waals surface area contributed by atoms with E-state index in [0.717, 1.165) is 10.9 Å². The van der Waals surface area contributed by atoms with Crippen molar-refractivity contribution in [3.63, 3.8) is 0 Å². The molecule has 0 atom stereocenters. The summed E-state index contributed by atoms with van der Waals surface area (Å²) in [4.78, 5) is 22.9. The van der Waals surface area contributed by atoms with Gasteiger partial charge in [0.1, 0.15) is 0 Å². The Kier molecular flexibility index (Phi) is 2.48. The summed E-state index contributed by atoms with van der Waals surface area (Å²) in [6.45, 7) is 0. The van der Waals surface area contributed by atoms with E-state index in [0.29, 0.717) is 5.56 Å². The number of carbonyl (C=O) groups is 1. The van der Waals surface area contributed by atoms with Crippen molar-refractivity contribution in [1.82, 2.24) is 4.57 Å². The predicted octanol–water partition coefficient (Wildman–Crippen LogP) is 1.33. The Hall–Kier alpha value is -2.10. The van der Waals surface area contributed by atoms with Crippen LogP contribution in [0.15, 0.2) is 35.1 Å². The molecule has 2 rings (SSSR count). The minimum Gasteiger partial charge on any atom is -0.465 e. The number of benzene rings is 1. The van der Waals surface area contributed by atoms with E-state index in [9.17, 15) is 9.59 Å². The van der Waals surface area contributed by atoms with E-state index in [1.54, 1.807) is 31.3 Å². The van der Waals surface area contributed by atoms with Crippen LogP contribution in [-0.2, 0) is 11.8 Å². The Morgan fingerprint density at radius 3 is 2.69 bits per heavy atom. The number of hydrogen-bond acceptors (Lipinski definition) is 3. The quantitative estimate of drug-likeness (QED) is 0.677. The Labute approximate surface area is 92.1 Å². The summed E-state index contributed by atoms with van der Waals surface area (Å²) < 4.78 is 6.19. The van der Waals surface area contributed by atoms with Gasteiger partial charge in [-0.3, -0.25) is 4.79 Å². The Bertz CT molecular complexity index is 613. The SMILES string of the molecule is COC(=O)c1cccc2c1ccc(=O)n2C. The van der Waals surface area contributed by atoms with E-state index in [1.165, 1.54) is 17.7 Å². The van der Waals surface area contributed by atoms with Gasteiger partial charge in [-0.2, -0.15) is 0 Å². The molecule has 0 radical (unpaired) electrons. The molecule has 0 aliphatic rings. The van der Waals surface area contributed by atoms with Crippen LogP contribution in [0, 0.1) is 0 Å². The monoisotopic (exact) mass is 217 g/mol. The lowest BCUT2D eigenvalue weighted by molar-refractivity contribution is 0.0603. The summed E-state index contributed by atoms with van der Waals surface area (Å²) in [6.07, 6.45) is 0. The normalized spacial score (nSPS) is 10.4. The van der Waals surface area contributed by atoms with Gasteiger partial charge in [-0.1, -0.05) is 6.07 Å². The summed E-state index contributed by atoms with van der Waals surface area (Å²) in [6, 6.07) is 8.29. The van der Waals surface area contributed by atoms with E-state index in [-0.39, 0.29) is 5.56 Å². The van der Waals surface area contributed by atoms with Crippen molar-refractivity contribution in [1.29, 1.82) is 0 Å². The van der Waals surface area contributed by atoms with Crippen molar-refractivity contribution >= 4 is 16.9 Å². The standard InChI is InChI=1S/C12H11NO3/c1-13-10-5-3-4-9(12(15)16-2)8(10)6-7-11(13)14/h3-7H,1-2H3. The van der Waals surface area contributed by atoms with E-state index in [2.05, 4.69) is 4.74 Å². The van der Waals surface area contributed by atoms with Crippen LogP contribution in [0.1, 0.15) is 10.4 Å². The van der Waals surface area contributed by atoms with Gasteiger partial charge in [0, 0.05) is 18.5 Å². The fourth-order valence-corrected chi connectivity index (χ4v) is 1.69. The van der Waals surface area contributed by atoms with Crippen molar-refractivity contribution in [3.8, 4) is 0 Å². The lowest BCUT2D eigenvalue weighted by Gasteiger charge is -2.07. The van der Waals surface area contributed by atoms with Crippen LogP contribution in [0.5, 0.6) is 0 Å². The highest BCUT2D eigenvalue weighted by Gasteiger charge is 2.10. The van der Waals surface area contributed by atoms with Gasteiger partial charge in [0.15, 0.2) is 0 Å². The molecule has 0 amide bonds. The number of aromatic nitrogens is 1. The third-order valence-corrected chi connectivity index (χ3v) is 2.57. The largest absolute Gasteiger partial charge is 0.465 e. The van der Waals surface area contributed by atoms with Crippen LogP contribution in [0.2, 0.25) is 0 Å². The highest BCUT2D eigenvalue weighted by molar-refractivity contribution is 6.03. The zero-order valence-corrected chi connectivity index (χ0v) is 9.06. The van der Waals surface area contributed by atoms with Crippen molar-refractivity contribution in [2.24, 2.45) is 7.05 Å². The molecule has 2 aromatic rings. The zero-order chi connectivity index (χ0) is 11.7. The molecule has 0 aliphatic carbocycles. The van der Waals surface area contributed by atoms with Gasteiger partial charge in [-0.15, -0.1) is 0 Å². The first-order chi connectivity index (χ1) is 7.65. The van der Waals surface area contributed by atoms with Crippen LogP contribution < -0.4 is 5.56 Å². The van der Waals surface area contributed by atoms with E-state index in [1.807, 2.05) is 0 Å². The molecule has 82 valence electrons. The molecule has 1 aromatic heterocycles. The number of pyridine rings is 1. The molecule has 0 saturated heterocycles. The van der Waals surface area contributed by atoms with Crippen LogP contribution in [-0.4, -0.2) is 17.6 Å². The van der Waals surface area contributed by atoms with E-state index >= 15 is 0 Å².